The first-order valence-electron chi connectivity index (χ1n) is 5.30. The van der Waals surface area contributed by atoms with Gasteiger partial charge >= 0.3 is 0 Å². The van der Waals surface area contributed by atoms with Crippen LogP contribution >= 0.6 is 0 Å². The van der Waals surface area contributed by atoms with Crippen LogP contribution in [0.2, 0.25) is 0 Å². The zero-order chi connectivity index (χ0) is 9.26. The van der Waals surface area contributed by atoms with E-state index in [1.807, 2.05) is 6.20 Å². The van der Waals surface area contributed by atoms with Crippen LogP contribution in [-0.4, -0.2) is 4.98 Å². The highest BCUT2D eigenvalue weighted by Gasteiger charge is 2.30. The molecule has 1 aromatic heterocycles. The lowest BCUT2D eigenvalue weighted by atomic mass is 9.89. The van der Waals surface area contributed by atoms with E-state index in [0.717, 1.165) is 11.8 Å². The summed E-state index contributed by atoms with van der Waals surface area (Å²) in [6, 6.07) is 4.33. The molecule has 1 aliphatic carbocycles. The van der Waals surface area contributed by atoms with Gasteiger partial charge in [0.2, 0.25) is 0 Å². The molecular formula is C12H17N. The Bertz CT molecular complexity index is 293. The highest BCUT2D eigenvalue weighted by Crippen LogP contribution is 2.40. The van der Waals surface area contributed by atoms with Crippen molar-refractivity contribution in [1.82, 2.24) is 4.98 Å². The Balaban J connectivity index is 2.34. The van der Waals surface area contributed by atoms with Gasteiger partial charge < -0.3 is 0 Å². The minimum atomic E-state index is 0.772. The topological polar surface area (TPSA) is 12.9 Å². The minimum absolute atomic E-state index is 0.772. The van der Waals surface area contributed by atoms with Crippen LogP contribution in [0.3, 0.4) is 0 Å². The Kier molecular flexibility index (Phi) is 2.34. The van der Waals surface area contributed by atoms with Crippen LogP contribution in [0.1, 0.15) is 43.9 Å². The monoisotopic (exact) mass is 175 g/mol. The molecule has 0 N–H and O–H groups in total. The van der Waals surface area contributed by atoms with Gasteiger partial charge in [0.05, 0.1) is 0 Å². The number of hydrogen-bond acceptors (Lipinski definition) is 1. The van der Waals surface area contributed by atoms with Gasteiger partial charge in [-0.2, -0.15) is 0 Å². The van der Waals surface area contributed by atoms with Crippen molar-refractivity contribution >= 4 is 0 Å². The van der Waals surface area contributed by atoms with Gasteiger partial charge in [-0.05, 0) is 36.3 Å². The second-order valence-electron chi connectivity index (χ2n) is 3.93. The van der Waals surface area contributed by atoms with Crippen LogP contribution in [0, 0.1) is 5.92 Å². The van der Waals surface area contributed by atoms with Crippen molar-refractivity contribution in [2.24, 2.45) is 5.92 Å². The second-order valence-corrected chi connectivity index (χ2v) is 3.93. The van der Waals surface area contributed by atoms with Gasteiger partial charge in [-0.25, -0.2) is 0 Å². The molecule has 0 aromatic carbocycles. The van der Waals surface area contributed by atoms with Gasteiger partial charge in [0.25, 0.3) is 0 Å². The van der Waals surface area contributed by atoms with Gasteiger partial charge in [-0.3, -0.25) is 4.98 Å². The van der Waals surface area contributed by atoms with Crippen molar-refractivity contribution in [2.75, 3.05) is 0 Å². The normalized spacial score (nSPS) is 26.0. The molecule has 1 aliphatic rings. The summed E-state index contributed by atoms with van der Waals surface area (Å²) in [5, 5.41) is 0. The first-order valence-corrected chi connectivity index (χ1v) is 5.30. The van der Waals surface area contributed by atoms with Gasteiger partial charge in [-0.1, -0.05) is 26.3 Å². The zero-order valence-electron chi connectivity index (χ0n) is 8.46. The lowest BCUT2D eigenvalue weighted by Gasteiger charge is -2.16. The Hall–Kier alpha value is -0.850. The SMILES string of the molecule is CCC1Cc2ncccc2C1CC. The third kappa shape index (κ3) is 1.37. The summed E-state index contributed by atoms with van der Waals surface area (Å²) in [7, 11) is 0. The van der Waals surface area contributed by atoms with Crippen molar-refractivity contribution in [1.29, 1.82) is 0 Å². The predicted molar refractivity (Wildman–Crippen MR) is 54.8 cm³/mol. The maximum atomic E-state index is 4.46. The van der Waals surface area contributed by atoms with Gasteiger partial charge in [0.15, 0.2) is 0 Å². The summed E-state index contributed by atoms with van der Waals surface area (Å²) < 4.78 is 0. The number of hydrogen-bond donors (Lipinski definition) is 0. The molecule has 0 spiro atoms. The lowest BCUT2D eigenvalue weighted by molar-refractivity contribution is 0.432. The second kappa shape index (κ2) is 3.49. The molecule has 0 saturated heterocycles. The molecule has 2 atom stereocenters. The van der Waals surface area contributed by atoms with E-state index in [4.69, 9.17) is 0 Å². The molecule has 0 aliphatic heterocycles. The van der Waals surface area contributed by atoms with Crippen LogP contribution in [-0.2, 0) is 6.42 Å². The Labute approximate surface area is 80.2 Å². The van der Waals surface area contributed by atoms with E-state index in [2.05, 4.69) is 31.0 Å². The van der Waals surface area contributed by atoms with Crippen molar-refractivity contribution < 1.29 is 0 Å². The number of nitrogens with zero attached hydrogens (tertiary/aromatic N) is 1. The molecular weight excluding hydrogens is 158 g/mol. The van der Waals surface area contributed by atoms with Crippen LogP contribution in [0.4, 0.5) is 0 Å². The summed E-state index contributed by atoms with van der Waals surface area (Å²) in [6.45, 7) is 4.58. The lowest BCUT2D eigenvalue weighted by Crippen LogP contribution is -2.04. The van der Waals surface area contributed by atoms with Crippen molar-refractivity contribution in [3.8, 4) is 0 Å². The predicted octanol–water partition coefficient (Wildman–Crippen LogP) is 3.16. The molecule has 1 aromatic rings. The van der Waals surface area contributed by atoms with E-state index in [9.17, 15) is 0 Å². The largest absolute Gasteiger partial charge is 0.261 e. The number of rotatable bonds is 2. The molecule has 2 rings (SSSR count). The zero-order valence-corrected chi connectivity index (χ0v) is 8.46. The van der Waals surface area contributed by atoms with Gasteiger partial charge in [-0.15, -0.1) is 0 Å². The van der Waals surface area contributed by atoms with Crippen LogP contribution in [0.15, 0.2) is 18.3 Å². The third-order valence-corrected chi connectivity index (χ3v) is 3.31. The number of fused-ring (bicyclic) bond motifs is 1. The summed E-state index contributed by atoms with van der Waals surface area (Å²) in [5.74, 6) is 1.61. The average molecular weight is 175 g/mol. The molecule has 1 heterocycles. The molecule has 13 heavy (non-hydrogen) atoms. The summed E-state index contributed by atoms with van der Waals surface area (Å²) in [6.07, 6.45) is 5.67. The maximum absolute atomic E-state index is 4.46. The highest BCUT2D eigenvalue weighted by atomic mass is 14.7. The highest BCUT2D eigenvalue weighted by molar-refractivity contribution is 5.30. The van der Waals surface area contributed by atoms with E-state index in [-0.39, 0.29) is 0 Å². The molecule has 0 bridgehead atoms. The smallest absolute Gasteiger partial charge is 0.0441 e. The minimum Gasteiger partial charge on any atom is -0.261 e. The maximum Gasteiger partial charge on any atom is 0.0441 e. The van der Waals surface area contributed by atoms with Crippen molar-refractivity contribution in [3.63, 3.8) is 0 Å². The van der Waals surface area contributed by atoms with Crippen molar-refractivity contribution in [2.45, 2.75) is 39.0 Å². The summed E-state index contributed by atoms with van der Waals surface area (Å²) in [5.41, 5.74) is 2.86. The quantitative estimate of drug-likeness (QED) is 0.672. The standard InChI is InChI=1S/C12H17N/c1-3-9-8-12-11(10(9)4-2)6-5-7-13-12/h5-7,9-10H,3-4,8H2,1-2H3. The third-order valence-electron chi connectivity index (χ3n) is 3.31. The summed E-state index contributed by atoms with van der Waals surface area (Å²) >= 11 is 0. The van der Waals surface area contributed by atoms with Crippen LogP contribution in [0.25, 0.3) is 0 Å². The molecule has 2 unspecified atom stereocenters. The Morgan fingerprint density at radius 3 is 2.92 bits per heavy atom. The van der Waals surface area contributed by atoms with Crippen LogP contribution in [0.5, 0.6) is 0 Å². The summed E-state index contributed by atoms with van der Waals surface area (Å²) in [4.78, 5) is 4.46. The number of pyridine rings is 1. The molecule has 0 saturated carbocycles. The van der Waals surface area contributed by atoms with E-state index < -0.39 is 0 Å². The molecule has 0 amide bonds. The van der Waals surface area contributed by atoms with Gasteiger partial charge in [0.1, 0.15) is 0 Å². The molecule has 70 valence electrons. The van der Waals surface area contributed by atoms with Gasteiger partial charge in [0, 0.05) is 11.9 Å². The molecule has 0 radical (unpaired) electrons. The molecule has 1 heteroatoms. The first-order chi connectivity index (χ1) is 6.36. The first kappa shape index (κ1) is 8.74. The molecule has 1 nitrogen and oxygen atoms in total. The van der Waals surface area contributed by atoms with E-state index in [1.165, 1.54) is 30.5 Å². The fourth-order valence-electron chi connectivity index (χ4n) is 2.59. The van der Waals surface area contributed by atoms with E-state index >= 15 is 0 Å². The Morgan fingerprint density at radius 2 is 2.23 bits per heavy atom. The molecule has 0 fully saturated rings. The number of aromatic nitrogens is 1. The van der Waals surface area contributed by atoms with E-state index in [1.54, 1.807) is 0 Å². The Morgan fingerprint density at radius 1 is 1.38 bits per heavy atom. The average Bonchev–Trinajstić information content (AvgIpc) is 2.55. The fourth-order valence-corrected chi connectivity index (χ4v) is 2.59. The fraction of sp³-hybridized carbons (Fsp3) is 0.583. The van der Waals surface area contributed by atoms with E-state index in [0.29, 0.717) is 0 Å². The van der Waals surface area contributed by atoms with Crippen LogP contribution < -0.4 is 0 Å². The van der Waals surface area contributed by atoms with Crippen molar-refractivity contribution in [3.05, 3.63) is 29.6 Å².